The van der Waals surface area contributed by atoms with Gasteiger partial charge in [0.15, 0.2) is 0 Å². The zero-order chi connectivity index (χ0) is 14.8. The van der Waals surface area contributed by atoms with Gasteiger partial charge in [-0.25, -0.2) is 0 Å². The van der Waals surface area contributed by atoms with Crippen molar-refractivity contribution >= 4 is 11.6 Å². The van der Waals surface area contributed by atoms with Crippen LogP contribution in [-0.2, 0) is 5.88 Å². The van der Waals surface area contributed by atoms with Crippen LogP contribution in [-0.4, -0.2) is 6.36 Å². The van der Waals surface area contributed by atoms with Gasteiger partial charge in [-0.1, -0.05) is 30.3 Å². The lowest BCUT2D eigenvalue weighted by atomic mass is 9.98. The molecule has 0 aromatic heterocycles. The first-order valence-electron chi connectivity index (χ1n) is 5.91. The molecule has 2 aromatic rings. The number of hydrogen-bond acceptors (Lipinski definition) is 1. The van der Waals surface area contributed by atoms with Gasteiger partial charge < -0.3 is 4.74 Å². The van der Waals surface area contributed by atoms with Crippen LogP contribution in [0.1, 0.15) is 11.1 Å². The lowest BCUT2D eigenvalue weighted by Crippen LogP contribution is -2.18. The molecule has 0 fully saturated rings. The van der Waals surface area contributed by atoms with E-state index in [4.69, 9.17) is 11.6 Å². The van der Waals surface area contributed by atoms with Gasteiger partial charge in [0, 0.05) is 5.88 Å². The molecule has 5 heteroatoms. The van der Waals surface area contributed by atoms with Crippen LogP contribution in [0.3, 0.4) is 0 Å². The Hall–Kier alpha value is -1.68. The minimum absolute atomic E-state index is 0.110. The lowest BCUT2D eigenvalue weighted by Gasteiger charge is -2.15. The highest BCUT2D eigenvalue weighted by Gasteiger charge is 2.32. The van der Waals surface area contributed by atoms with Crippen molar-refractivity contribution in [3.8, 4) is 16.9 Å². The molecule has 0 spiro atoms. The Morgan fingerprint density at radius 2 is 1.75 bits per heavy atom. The quantitative estimate of drug-likeness (QED) is 0.699. The topological polar surface area (TPSA) is 9.23 Å². The molecule has 0 amide bonds. The van der Waals surface area contributed by atoms with Gasteiger partial charge >= 0.3 is 6.36 Å². The summed E-state index contributed by atoms with van der Waals surface area (Å²) in [6.45, 7) is 1.57. The highest BCUT2D eigenvalue weighted by Crippen LogP contribution is 2.34. The highest BCUT2D eigenvalue weighted by molar-refractivity contribution is 6.17. The monoisotopic (exact) mass is 300 g/mol. The summed E-state index contributed by atoms with van der Waals surface area (Å²) in [5, 5.41) is 0. The molecule has 0 saturated heterocycles. The Kier molecular flexibility index (Phi) is 4.23. The molecule has 0 aliphatic heterocycles. The van der Waals surface area contributed by atoms with Crippen LogP contribution in [0.5, 0.6) is 5.75 Å². The first kappa shape index (κ1) is 14.7. The molecule has 20 heavy (non-hydrogen) atoms. The van der Waals surface area contributed by atoms with Crippen molar-refractivity contribution in [1.29, 1.82) is 0 Å². The lowest BCUT2D eigenvalue weighted by molar-refractivity contribution is -0.274. The zero-order valence-electron chi connectivity index (χ0n) is 10.7. The summed E-state index contributed by atoms with van der Waals surface area (Å²) in [7, 11) is 0. The van der Waals surface area contributed by atoms with E-state index in [1.54, 1.807) is 13.0 Å². The standard InChI is InChI=1S/C15H12ClF3O/c1-10-7-13(11-5-3-2-4-6-11)12(9-16)8-14(10)20-15(17,18)19/h2-8H,9H2,1H3. The van der Waals surface area contributed by atoms with E-state index in [9.17, 15) is 13.2 Å². The SMILES string of the molecule is Cc1cc(-c2ccccc2)c(CCl)cc1OC(F)(F)F. The normalized spacial score (nSPS) is 11.4. The maximum absolute atomic E-state index is 12.3. The van der Waals surface area contributed by atoms with Gasteiger partial charge in [0.1, 0.15) is 5.75 Å². The fourth-order valence-corrected chi connectivity index (χ4v) is 2.18. The number of halogens is 4. The predicted octanol–water partition coefficient (Wildman–Crippen LogP) is 5.30. The fourth-order valence-electron chi connectivity index (χ4n) is 1.96. The van der Waals surface area contributed by atoms with Crippen LogP contribution < -0.4 is 4.74 Å². The van der Waals surface area contributed by atoms with Crippen LogP contribution in [0.25, 0.3) is 11.1 Å². The van der Waals surface area contributed by atoms with Gasteiger partial charge in [-0.3, -0.25) is 0 Å². The first-order valence-corrected chi connectivity index (χ1v) is 6.45. The Labute approximate surface area is 119 Å². The van der Waals surface area contributed by atoms with E-state index in [0.717, 1.165) is 11.1 Å². The van der Waals surface area contributed by atoms with Crippen LogP contribution in [0.2, 0.25) is 0 Å². The third-order valence-electron chi connectivity index (χ3n) is 2.86. The molecule has 2 aromatic carbocycles. The smallest absolute Gasteiger partial charge is 0.406 e. The van der Waals surface area contributed by atoms with Gasteiger partial charge in [-0.2, -0.15) is 0 Å². The molecule has 0 aliphatic rings. The van der Waals surface area contributed by atoms with Crippen LogP contribution in [0.4, 0.5) is 13.2 Å². The third kappa shape index (κ3) is 3.45. The van der Waals surface area contributed by atoms with E-state index < -0.39 is 6.36 Å². The number of hydrogen-bond donors (Lipinski definition) is 0. The minimum Gasteiger partial charge on any atom is -0.406 e. The molecule has 0 unspecified atom stereocenters. The number of aryl methyl sites for hydroxylation is 1. The van der Waals surface area contributed by atoms with E-state index in [0.29, 0.717) is 11.1 Å². The first-order chi connectivity index (χ1) is 9.40. The second kappa shape index (κ2) is 5.75. The Balaban J connectivity index is 2.48. The minimum atomic E-state index is -4.71. The molecule has 106 valence electrons. The van der Waals surface area contributed by atoms with E-state index in [2.05, 4.69) is 4.74 Å². The summed E-state index contributed by atoms with van der Waals surface area (Å²) >= 11 is 5.84. The summed E-state index contributed by atoms with van der Waals surface area (Å²) in [4.78, 5) is 0. The van der Waals surface area contributed by atoms with Crippen LogP contribution >= 0.6 is 11.6 Å². The van der Waals surface area contributed by atoms with Gasteiger partial charge in [-0.15, -0.1) is 24.8 Å². The maximum Gasteiger partial charge on any atom is 0.573 e. The molecule has 0 bridgehead atoms. The summed E-state index contributed by atoms with van der Waals surface area (Å²) in [5.41, 5.74) is 2.73. The van der Waals surface area contributed by atoms with Crippen molar-refractivity contribution in [2.75, 3.05) is 0 Å². The van der Waals surface area contributed by atoms with E-state index in [1.807, 2.05) is 30.3 Å². The van der Waals surface area contributed by atoms with Crippen molar-refractivity contribution in [3.05, 3.63) is 53.6 Å². The average Bonchev–Trinajstić information content (AvgIpc) is 2.40. The number of benzene rings is 2. The summed E-state index contributed by atoms with van der Waals surface area (Å²) < 4.78 is 41.0. The molecule has 0 aliphatic carbocycles. The molecule has 0 saturated carbocycles. The summed E-state index contributed by atoms with van der Waals surface area (Å²) in [6, 6.07) is 12.4. The van der Waals surface area contributed by atoms with E-state index >= 15 is 0 Å². The fraction of sp³-hybridized carbons (Fsp3) is 0.200. The van der Waals surface area contributed by atoms with E-state index in [-0.39, 0.29) is 11.6 Å². The number of ether oxygens (including phenoxy) is 1. The zero-order valence-corrected chi connectivity index (χ0v) is 11.4. The third-order valence-corrected chi connectivity index (χ3v) is 3.14. The molecule has 0 atom stereocenters. The molecule has 0 radical (unpaired) electrons. The predicted molar refractivity (Wildman–Crippen MR) is 72.9 cm³/mol. The van der Waals surface area contributed by atoms with Crippen molar-refractivity contribution in [1.82, 2.24) is 0 Å². The molecule has 2 rings (SSSR count). The van der Waals surface area contributed by atoms with Gasteiger partial charge in [0.05, 0.1) is 0 Å². The molecular weight excluding hydrogens is 289 g/mol. The summed E-state index contributed by atoms with van der Waals surface area (Å²) in [6.07, 6.45) is -4.71. The summed E-state index contributed by atoms with van der Waals surface area (Å²) in [5.74, 6) is -0.105. The van der Waals surface area contributed by atoms with Crippen molar-refractivity contribution < 1.29 is 17.9 Å². The maximum atomic E-state index is 12.3. The molecule has 0 heterocycles. The van der Waals surface area contributed by atoms with Crippen molar-refractivity contribution in [2.24, 2.45) is 0 Å². The molecule has 1 nitrogen and oxygen atoms in total. The molecule has 0 N–H and O–H groups in total. The molecular formula is C15H12ClF3O. The highest BCUT2D eigenvalue weighted by atomic mass is 35.5. The largest absolute Gasteiger partial charge is 0.573 e. The van der Waals surface area contributed by atoms with Gasteiger partial charge in [0.2, 0.25) is 0 Å². The Morgan fingerprint density at radius 3 is 2.30 bits per heavy atom. The number of rotatable bonds is 3. The van der Waals surface area contributed by atoms with Gasteiger partial charge in [-0.05, 0) is 41.3 Å². The van der Waals surface area contributed by atoms with E-state index in [1.165, 1.54) is 6.07 Å². The van der Waals surface area contributed by atoms with Crippen molar-refractivity contribution in [3.63, 3.8) is 0 Å². The van der Waals surface area contributed by atoms with Gasteiger partial charge in [0.25, 0.3) is 0 Å². The second-order valence-electron chi connectivity index (χ2n) is 4.32. The second-order valence-corrected chi connectivity index (χ2v) is 4.59. The van der Waals surface area contributed by atoms with Crippen LogP contribution in [0.15, 0.2) is 42.5 Å². The van der Waals surface area contributed by atoms with Crippen LogP contribution in [0, 0.1) is 6.92 Å². The average molecular weight is 301 g/mol. The Morgan fingerprint density at radius 1 is 1.10 bits per heavy atom. The van der Waals surface area contributed by atoms with Crippen molar-refractivity contribution in [2.45, 2.75) is 19.2 Å². The Bertz CT molecular complexity index is 594. The number of alkyl halides is 4.